The Morgan fingerprint density at radius 3 is 2.55 bits per heavy atom. The van der Waals surface area contributed by atoms with Gasteiger partial charge >= 0.3 is 0 Å². The number of benzene rings is 1. The van der Waals surface area contributed by atoms with E-state index in [1.165, 1.54) is 18.7 Å². The lowest BCUT2D eigenvalue weighted by molar-refractivity contribution is 0.282. The summed E-state index contributed by atoms with van der Waals surface area (Å²) in [4.78, 5) is -0.848. The summed E-state index contributed by atoms with van der Waals surface area (Å²) in [7, 11) is -4.27. The van der Waals surface area contributed by atoms with Gasteiger partial charge < -0.3 is 10.8 Å². The van der Waals surface area contributed by atoms with Crippen LogP contribution < -0.4 is 10.5 Å². The molecule has 2 atom stereocenters. The predicted molar refractivity (Wildman–Crippen MR) is 74.9 cm³/mol. The van der Waals surface area contributed by atoms with Crippen molar-refractivity contribution < 1.29 is 22.3 Å². The average molecular weight is 326 g/mol. The van der Waals surface area contributed by atoms with Crippen molar-refractivity contribution in [2.75, 3.05) is 18.6 Å². The predicted octanol–water partition coefficient (Wildman–Crippen LogP) is 0.938. The average Bonchev–Trinajstić information content (AvgIpc) is 2.34. The number of nitrogen functional groups attached to an aromatic ring is 1. The second kappa shape index (κ2) is 6.70. The van der Waals surface area contributed by atoms with Gasteiger partial charge in [0.2, 0.25) is 10.0 Å². The lowest BCUT2D eigenvalue weighted by Gasteiger charge is -2.21. The molecule has 1 aromatic rings. The Hall–Kier alpha value is -0.900. The van der Waals surface area contributed by atoms with Crippen molar-refractivity contribution in [2.45, 2.75) is 23.1 Å². The van der Waals surface area contributed by atoms with Gasteiger partial charge in [-0.25, -0.2) is 21.9 Å². The van der Waals surface area contributed by atoms with Crippen molar-refractivity contribution in [3.63, 3.8) is 0 Å². The maximum Gasteiger partial charge on any atom is 0.243 e. The summed E-state index contributed by atoms with van der Waals surface area (Å²) in [5.74, 6) is -2.81. The number of rotatable bonds is 6. The summed E-state index contributed by atoms with van der Waals surface area (Å²) in [6, 6.07) is 0.889. The van der Waals surface area contributed by atoms with E-state index in [0.29, 0.717) is 6.07 Å². The minimum atomic E-state index is -4.27. The standard InChI is InChI=1S/C11H16F2N2O3S2/c1-6(9(5-16)19-2)15-20(17,18)10-4-7(14)3-8(12)11(10)13/h3-4,6,9,15-16H,5,14H2,1-2H3. The van der Waals surface area contributed by atoms with Gasteiger partial charge in [-0.15, -0.1) is 0 Å². The normalized spacial score (nSPS) is 15.1. The molecule has 0 heterocycles. The fraction of sp³-hybridized carbons (Fsp3) is 0.455. The zero-order valence-electron chi connectivity index (χ0n) is 10.9. The fourth-order valence-electron chi connectivity index (χ4n) is 1.60. The molecule has 9 heteroatoms. The van der Waals surface area contributed by atoms with E-state index in [0.717, 1.165) is 6.07 Å². The maximum atomic E-state index is 13.6. The molecule has 0 fully saturated rings. The molecule has 1 rings (SSSR count). The first-order valence-electron chi connectivity index (χ1n) is 5.63. The molecule has 0 aliphatic carbocycles. The van der Waals surface area contributed by atoms with Crippen LogP contribution in [0.4, 0.5) is 14.5 Å². The van der Waals surface area contributed by atoms with Gasteiger partial charge in [-0.1, -0.05) is 0 Å². The summed E-state index contributed by atoms with van der Waals surface area (Å²) in [5, 5.41) is 8.69. The first kappa shape index (κ1) is 17.2. The molecule has 5 nitrogen and oxygen atoms in total. The molecule has 0 amide bonds. The molecule has 0 radical (unpaired) electrons. The highest BCUT2D eigenvalue weighted by molar-refractivity contribution is 7.99. The summed E-state index contributed by atoms with van der Waals surface area (Å²) in [5.41, 5.74) is 5.13. The van der Waals surface area contributed by atoms with E-state index in [1.807, 2.05) is 0 Å². The van der Waals surface area contributed by atoms with Gasteiger partial charge in [0, 0.05) is 17.0 Å². The highest BCUT2D eigenvalue weighted by Gasteiger charge is 2.27. The van der Waals surface area contributed by atoms with E-state index >= 15 is 0 Å². The Kier molecular flexibility index (Phi) is 5.75. The van der Waals surface area contributed by atoms with Gasteiger partial charge in [-0.2, -0.15) is 11.8 Å². The van der Waals surface area contributed by atoms with Crippen LogP contribution in [0.3, 0.4) is 0 Å². The molecule has 2 unspecified atom stereocenters. The first-order chi connectivity index (χ1) is 9.22. The van der Waals surface area contributed by atoms with Crippen LogP contribution in [-0.4, -0.2) is 37.7 Å². The molecule has 0 spiro atoms. The highest BCUT2D eigenvalue weighted by atomic mass is 32.2. The SMILES string of the molecule is CSC(CO)C(C)NS(=O)(=O)c1cc(N)cc(F)c1F. The Balaban J connectivity index is 3.12. The van der Waals surface area contributed by atoms with Crippen LogP contribution in [0.25, 0.3) is 0 Å². The van der Waals surface area contributed by atoms with Crippen molar-refractivity contribution in [3.05, 3.63) is 23.8 Å². The van der Waals surface area contributed by atoms with E-state index in [-0.39, 0.29) is 12.3 Å². The van der Waals surface area contributed by atoms with Crippen LogP contribution in [-0.2, 0) is 10.0 Å². The minimum absolute atomic E-state index is 0.194. The third kappa shape index (κ3) is 3.81. The number of aliphatic hydroxyl groups excluding tert-OH is 1. The Bertz CT molecular complexity index is 577. The molecule has 0 saturated heterocycles. The van der Waals surface area contributed by atoms with E-state index < -0.39 is 37.8 Å². The van der Waals surface area contributed by atoms with Crippen molar-refractivity contribution in [1.82, 2.24) is 4.72 Å². The van der Waals surface area contributed by atoms with E-state index in [4.69, 9.17) is 10.8 Å². The molecule has 114 valence electrons. The zero-order chi connectivity index (χ0) is 15.5. The minimum Gasteiger partial charge on any atom is -0.399 e. The summed E-state index contributed by atoms with van der Waals surface area (Å²) in [6.45, 7) is 1.27. The van der Waals surface area contributed by atoms with Gasteiger partial charge in [0.25, 0.3) is 0 Å². The number of anilines is 1. The van der Waals surface area contributed by atoms with E-state index in [9.17, 15) is 17.2 Å². The van der Waals surface area contributed by atoms with Gasteiger partial charge in [-0.05, 0) is 25.3 Å². The fourth-order valence-corrected chi connectivity index (χ4v) is 3.72. The van der Waals surface area contributed by atoms with Gasteiger partial charge in [0.05, 0.1) is 6.61 Å². The number of aliphatic hydroxyl groups is 1. The van der Waals surface area contributed by atoms with Crippen molar-refractivity contribution in [3.8, 4) is 0 Å². The van der Waals surface area contributed by atoms with Crippen molar-refractivity contribution in [1.29, 1.82) is 0 Å². The van der Waals surface area contributed by atoms with Crippen LogP contribution in [0, 0.1) is 11.6 Å². The molecule has 0 saturated carbocycles. The van der Waals surface area contributed by atoms with Crippen molar-refractivity contribution >= 4 is 27.5 Å². The third-order valence-electron chi connectivity index (χ3n) is 2.69. The number of thioether (sulfide) groups is 1. The first-order valence-corrected chi connectivity index (χ1v) is 8.40. The van der Waals surface area contributed by atoms with E-state index in [2.05, 4.69) is 4.72 Å². The lowest BCUT2D eigenvalue weighted by atomic mass is 10.3. The number of sulfonamides is 1. The van der Waals surface area contributed by atoms with Gasteiger partial charge in [-0.3, -0.25) is 0 Å². The molecular formula is C11H16F2N2O3S2. The molecule has 1 aromatic carbocycles. The third-order valence-corrected chi connectivity index (χ3v) is 5.41. The summed E-state index contributed by atoms with van der Waals surface area (Å²) in [6.07, 6.45) is 1.70. The topological polar surface area (TPSA) is 92.4 Å². The second-order valence-electron chi connectivity index (χ2n) is 4.18. The van der Waals surface area contributed by atoms with Crippen LogP contribution in [0.15, 0.2) is 17.0 Å². The van der Waals surface area contributed by atoms with Crippen LogP contribution in [0.5, 0.6) is 0 Å². The number of hydrogen-bond acceptors (Lipinski definition) is 5. The Labute approximate surface area is 120 Å². The quantitative estimate of drug-likeness (QED) is 0.677. The van der Waals surface area contributed by atoms with E-state index in [1.54, 1.807) is 6.26 Å². The molecule has 0 aromatic heterocycles. The number of hydrogen-bond donors (Lipinski definition) is 3. The summed E-state index contributed by atoms with van der Waals surface area (Å²) >= 11 is 1.25. The van der Waals surface area contributed by atoms with Gasteiger partial charge in [0.15, 0.2) is 11.6 Å². The molecule has 0 bridgehead atoms. The molecular weight excluding hydrogens is 310 g/mol. The second-order valence-corrected chi connectivity index (χ2v) is 6.94. The largest absolute Gasteiger partial charge is 0.399 e. The Morgan fingerprint density at radius 1 is 1.45 bits per heavy atom. The lowest BCUT2D eigenvalue weighted by Crippen LogP contribution is -2.41. The highest BCUT2D eigenvalue weighted by Crippen LogP contribution is 2.22. The smallest absolute Gasteiger partial charge is 0.243 e. The monoisotopic (exact) mass is 326 g/mol. The van der Waals surface area contributed by atoms with Gasteiger partial charge in [0.1, 0.15) is 4.90 Å². The van der Waals surface area contributed by atoms with Crippen molar-refractivity contribution in [2.24, 2.45) is 0 Å². The molecule has 4 N–H and O–H groups in total. The molecule has 20 heavy (non-hydrogen) atoms. The molecule has 0 aliphatic rings. The van der Waals surface area contributed by atoms with Crippen LogP contribution >= 0.6 is 11.8 Å². The summed E-state index contributed by atoms with van der Waals surface area (Å²) < 4.78 is 53.1. The zero-order valence-corrected chi connectivity index (χ0v) is 12.6. The Morgan fingerprint density at radius 2 is 2.05 bits per heavy atom. The number of halogens is 2. The number of nitrogens with one attached hydrogen (secondary N) is 1. The molecule has 0 aliphatic heterocycles. The number of nitrogens with two attached hydrogens (primary N) is 1. The van der Waals surface area contributed by atoms with Crippen LogP contribution in [0.2, 0.25) is 0 Å². The maximum absolute atomic E-state index is 13.6. The van der Waals surface area contributed by atoms with Crippen LogP contribution in [0.1, 0.15) is 6.92 Å².